The van der Waals surface area contributed by atoms with Crippen LogP contribution in [0.3, 0.4) is 0 Å². The van der Waals surface area contributed by atoms with Crippen molar-refractivity contribution >= 4 is 20.1 Å². The summed E-state index contributed by atoms with van der Waals surface area (Å²) in [6.07, 6.45) is 0. The quantitative estimate of drug-likeness (QED) is 0.499. The summed E-state index contributed by atoms with van der Waals surface area (Å²) in [4.78, 5) is 22.0. The van der Waals surface area contributed by atoms with Crippen LogP contribution in [-0.2, 0) is 14.0 Å². The molecule has 0 saturated carbocycles. The van der Waals surface area contributed by atoms with Gasteiger partial charge in [0.25, 0.3) is 0 Å². The summed E-state index contributed by atoms with van der Waals surface area (Å²) < 4.78 is 5.14. The van der Waals surface area contributed by atoms with E-state index in [1.165, 1.54) is 6.92 Å². The van der Waals surface area contributed by atoms with Crippen molar-refractivity contribution in [2.45, 2.75) is 33.5 Å². The van der Waals surface area contributed by atoms with Crippen molar-refractivity contribution in [2.75, 3.05) is 0 Å². The maximum absolute atomic E-state index is 11.2. The smallest absolute Gasteiger partial charge is 0.302 e. The topological polar surface area (TPSA) is 43.4 Å². The minimum absolute atomic E-state index is 0.141. The molecule has 0 aliphatic carbocycles. The first-order valence-corrected chi connectivity index (χ1v) is 7.38. The molecule has 1 unspecified atom stereocenters. The second-order valence-electron chi connectivity index (χ2n) is 3.87. The lowest BCUT2D eigenvalue weighted by atomic mass is 10.1. The zero-order valence-electron chi connectivity index (χ0n) is 8.30. The van der Waals surface area contributed by atoms with E-state index in [2.05, 4.69) is 0 Å². The molecule has 0 rings (SSSR count). The van der Waals surface area contributed by atoms with E-state index in [1.807, 2.05) is 19.6 Å². The third-order valence-corrected chi connectivity index (χ3v) is 2.18. The fraction of sp³-hybridized carbons (Fsp3) is 0.750. The van der Waals surface area contributed by atoms with Crippen LogP contribution in [0.2, 0.25) is 19.6 Å². The van der Waals surface area contributed by atoms with Gasteiger partial charge in [-0.3, -0.25) is 9.59 Å². The average Bonchev–Trinajstić information content (AvgIpc) is 1.82. The molecule has 0 bridgehead atoms. The van der Waals surface area contributed by atoms with Crippen LogP contribution in [0.5, 0.6) is 0 Å². The number of carbonyl (C=O) groups excluding carboxylic acids is 2. The van der Waals surface area contributed by atoms with Gasteiger partial charge in [0, 0.05) is 0 Å². The van der Waals surface area contributed by atoms with E-state index in [-0.39, 0.29) is 11.8 Å². The molecule has 0 amide bonds. The second kappa shape index (κ2) is 3.84. The van der Waals surface area contributed by atoms with Crippen LogP contribution >= 0.6 is 0 Å². The van der Waals surface area contributed by atoms with Gasteiger partial charge in [0.05, 0.1) is 0 Å². The highest BCUT2D eigenvalue weighted by atomic mass is 28.4. The molecular weight excluding hydrogens is 172 g/mol. The average molecular weight is 188 g/mol. The van der Waals surface area contributed by atoms with Crippen LogP contribution in [0.1, 0.15) is 13.8 Å². The summed E-state index contributed by atoms with van der Waals surface area (Å²) in [6.45, 7) is 8.72. The zero-order valence-corrected chi connectivity index (χ0v) is 9.30. The van der Waals surface area contributed by atoms with Gasteiger partial charge < -0.3 is 4.43 Å². The minimum atomic E-state index is -1.83. The van der Waals surface area contributed by atoms with Crippen LogP contribution in [0.15, 0.2) is 0 Å². The molecule has 0 aliphatic rings. The lowest BCUT2D eigenvalue weighted by molar-refractivity contribution is -0.143. The Hall–Kier alpha value is -0.643. The van der Waals surface area contributed by atoms with Gasteiger partial charge >= 0.3 is 5.97 Å². The van der Waals surface area contributed by atoms with Crippen LogP contribution in [0.25, 0.3) is 0 Å². The predicted octanol–water partition coefficient (Wildman–Crippen LogP) is 1.59. The highest BCUT2D eigenvalue weighted by Gasteiger charge is 2.25. The second-order valence-corrected chi connectivity index (χ2v) is 8.29. The Morgan fingerprint density at radius 2 is 1.67 bits per heavy atom. The standard InChI is InChI=1S/C8H16O3Si/c1-6(7(2)9)8(10)11-12(3,4)5/h6H,1-5H3. The normalized spacial score (nSPS) is 13.8. The van der Waals surface area contributed by atoms with E-state index in [9.17, 15) is 9.59 Å². The summed E-state index contributed by atoms with van der Waals surface area (Å²) >= 11 is 0. The highest BCUT2D eigenvalue weighted by Crippen LogP contribution is 2.08. The number of ketones is 1. The van der Waals surface area contributed by atoms with E-state index in [0.717, 1.165) is 0 Å². The maximum atomic E-state index is 11.2. The molecule has 70 valence electrons. The van der Waals surface area contributed by atoms with E-state index in [4.69, 9.17) is 4.43 Å². The Morgan fingerprint density at radius 1 is 1.25 bits per heavy atom. The molecule has 4 heteroatoms. The molecule has 0 heterocycles. The van der Waals surface area contributed by atoms with Crippen molar-refractivity contribution in [3.63, 3.8) is 0 Å². The van der Waals surface area contributed by atoms with Crippen LogP contribution < -0.4 is 0 Å². The lowest BCUT2D eigenvalue weighted by Crippen LogP contribution is -2.33. The Kier molecular flexibility index (Phi) is 3.64. The van der Waals surface area contributed by atoms with Crippen molar-refractivity contribution < 1.29 is 14.0 Å². The Bertz CT molecular complexity index is 193. The highest BCUT2D eigenvalue weighted by molar-refractivity contribution is 6.71. The van der Waals surface area contributed by atoms with Crippen molar-refractivity contribution in [3.05, 3.63) is 0 Å². The summed E-state index contributed by atoms with van der Waals surface area (Å²) in [5.74, 6) is -1.14. The van der Waals surface area contributed by atoms with Gasteiger partial charge in [0.15, 0.2) is 0 Å². The van der Waals surface area contributed by atoms with Crippen molar-refractivity contribution in [1.29, 1.82) is 0 Å². The van der Waals surface area contributed by atoms with E-state index in [1.54, 1.807) is 6.92 Å². The first-order valence-electron chi connectivity index (χ1n) is 3.97. The third-order valence-electron chi connectivity index (χ3n) is 1.37. The van der Waals surface area contributed by atoms with Crippen molar-refractivity contribution in [2.24, 2.45) is 5.92 Å². The van der Waals surface area contributed by atoms with Crippen LogP contribution in [0.4, 0.5) is 0 Å². The van der Waals surface area contributed by atoms with Gasteiger partial charge in [-0.15, -0.1) is 0 Å². The Morgan fingerprint density at radius 3 is 1.92 bits per heavy atom. The molecule has 12 heavy (non-hydrogen) atoms. The largest absolute Gasteiger partial charge is 0.519 e. The van der Waals surface area contributed by atoms with Gasteiger partial charge in [0.1, 0.15) is 11.7 Å². The number of Topliss-reactive ketones (excluding diaryl/α,β-unsaturated/α-hetero) is 1. The predicted molar refractivity (Wildman–Crippen MR) is 49.3 cm³/mol. The summed E-state index contributed by atoms with van der Waals surface area (Å²) in [5, 5.41) is 0. The van der Waals surface area contributed by atoms with Gasteiger partial charge in [0.2, 0.25) is 8.32 Å². The molecule has 0 fully saturated rings. The van der Waals surface area contributed by atoms with E-state index in [0.29, 0.717) is 0 Å². The molecule has 0 saturated heterocycles. The van der Waals surface area contributed by atoms with Gasteiger partial charge in [-0.2, -0.15) is 0 Å². The number of carbonyl (C=O) groups is 2. The number of rotatable bonds is 3. The summed E-state index contributed by atoms with van der Waals surface area (Å²) in [5.41, 5.74) is 0. The molecule has 0 N–H and O–H groups in total. The van der Waals surface area contributed by atoms with Gasteiger partial charge in [-0.05, 0) is 33.5 Å². The fourth-order valence-electron chi connectivity index (χ4n) is 0.556. The van der Waals surface area contributed by atoms with E-state index < -0.39 is 14.2 Å². The molecule has 0 aliphatic heterocycles. The summed E-state index contributed by atoms with van der Waals surface area (Å²) in [7, 11) is -1.83. The zero-order chi connectivity index (χ0) is 9.94. The van der Waals surface area contributed by atoms with Gasteiger partial charge in [-0.1, -0.05) is 0 Å². The Balaban J connectivity index is 4.15. The van der Waals surface area contributed by atoms with Crippen LogP contribution in [0, 0.1) is 5.92 Å². The molecule has 0 aromatic rings. The van der Waals surface area contributed by atoms with Gasteiger partial charge in [-0.25, -0.2) is 0 Å². The molecular formula is C8H16O3Si. The van der Waals surface area contributed by atoms with Crippen molar-refractivity contribution in [3.8, 4) is 0 Å². The molecule has 0 radical (unpaired) electrons. The molecule has 3 nitrogen and oxygen atoms in total. The molecule has 0 spiro atoms. The first-order chi connectivity index (χ1) is 5.24. The van der Waals surface area contributed by atoms with Crippen molar-refractivity contribution in [1.82, 2.24) is 0 Å². The first kappa shape index (κ1) is 11.4. The number of hydrogen-bond donors (Lipinski definition) is 0. The minimum Gasteiger partial charge on any atom is -0.519 e. The lowest BCUT2D eigenvalue weighted by Gasteiger charge is -2.19. The molecule has 0 aromatic heterocycles. The monoisotopic (exact) mass is 188 g/mol. The molecule has 1 atom stereocenters. The van der Waals surface area contributed by atoms with E-state index >= 15 is 0 Å². The fourth-order valence-corrected chi connectivity index (χ4v) is 1.34. The number of hydrogen-bond acceptors (Lipinski definition) is 3. The van der Waals surface area contributed by atoms with Crippen LogP contribution in [-0.4, -0.2) is 20.1 Å². The molecule has 0 aromatic carbocycles. The SMILES string of the molecule is CC(=O)C(C)C(=O)O[Si](C)(C)C. The Labute approximate surface area is 74.2 Å². The third kappa shape index (κ3) is 4.28. The summed E-state index contributed by atoms with van der Waals surface area (Å²) in [6, 6.07) is 0. The maximum Gasteiger partial charge on any atom is 0.302 e.